The third kappa shape index (κ3) is 2.25. The van der Waals surface area contributed by atoms with Crippen LogP contribution in [-0.2, 0) is 4.74 Å². The van der Waals surface area contributed by atoms with Crippen molar-refractivity contribution in [2.75, 3.05) is 6.61 Å². The van der Waals surface area contributed by atoms with Gasteiger partial charge in [-0.1, -0.05) is 49.4 Å². The van der Waals surface area contributed by atoms with E-state index in [-0.39, 0.29) is 12.1 Å². The van der Waals surface area contributed by atoms with Crippen molar-refractivity contribution in [3.63, 3.8) is 0 Å². The zero-order valence-electron chi connectivity index (χ0n) is 11.2. The molecule has 1 saturated heterocycles. The summed E-state index contributed by atoms with van der Waals surface area (Å²) in [6.45, 7) is 3.06. The van der Waals surface area contributed by atoms with Crippen molar-refractivity contribution >= 4 is 10.8 Å². The number of nitrogens with two attached hydrogens (primary N) is 1. The molecule has 1 heterocycles. The first-order valence-electron chi connectivity index (χ1n) is 6.86. The molecule has 2 aromatic carbocycles. The van der Waals surface area contributed by atoms with Crippen LogP contribution in [0.2, 0.25) is 0 Å². The predicted molar refractivity (Wildman–Crippen MR) is 77.5 cm³/mol. The lowest BCUT2D eigenvalue weighted by Gasteiger charge is -2.26. The zero-order valence-corrected chi connectivity index (χ0v) is 11.2. The maximum absolute atomic E-state index is 5.88. The average molecular weight is 256 g/mol. The van der Waals surface area contributed by atoms with Crippen LogP contribution in [0, 0.1) is 5.92 Å². The third-order valence-corrected chi connectivity index (χ3v) is 4.11. The second-order valence-electron chi connectivity index (χ2n) is 5.31. The SMILES string of the molecule is CC1CCOC1C(NN)c1cccc2ccccc12. The summed E-state index contributed by atoms with van der Waals surface area (Å²) in [5.74, 6) is 6.34. The van der Waals surface area contributed by atoms with Crippen LogP contribution in [0.5, 0.6) is 0 Å². The van der Waals surface area contributed by atoms with E-state index in [1.807, 2.05) is 0 Å². The van der Waals surface area contributed by atoms with Gasteiger partial charge in [-0.3, -0.25) is 11.3 Å². The maximum Gasteiger partial charge on any atom is 0.0809 e. The first-order chi connectivity index (χ1) is 9.31. The standard InChI is InChI=1S/C16H20N2O/c1-11-9-10-19-16(11)15(18-17)14-8-4-6-12-5-2-3-7-13(12)14/h2-8,11,15-16,18H,9-10,17H2,1H3. The predicted octanol–water partition coefficient (Wildman–Crippen LogP) is 2.77. The molecule has 3 N–H and O–H groups in total. The van der Waals surface area contributed by atoms with E-state index in [1.165, 1.54) is 16.3 Å². The summed E-state index contributed by atoms with van der Waals surface area (Å²) in [5, 5.41) is 2.49. The fourth-order valence-electron chi connectivity index (χ4n) is 3.03. The second-order valence-corrected chi connectivity index (χ2v) is 5.31. The Bertz CT molecular complexity index is 564. The van der Waals surface area contributed by atoms with Crippen LogP contribution >= 0.6 is 0 Å². The minimum Gasteiger partial charge on any atom is -0.376 e. The zero-order chi connectivity index (χ0) is 13.2. The number of ether oxygens (including phenoxy) is 1. The number of benzene rings is 2. The molecule has 0 saturated carbocycles. The number of rotatable bonds is 3. The quantitative estimate of drug-likeness (QED) is 0.655. The minimum atomic E-state index is 0.0450. The van der Waals surface area contributed by atoms with Crippen LogP contribution in [-0.4, -0.2) is 12.7 Å². The smallest absolute Gasteiger partial charge is 0.0809 e. The molecule has 0 aliphatic carbocycles. The van der Waals surface area contributed by atoms with E-state index in [9.17, 15) is 0 Å². The monoisotopic (exact) mass is 256 g/mol. The Labute approximate surface area is 113 Å². The van der Waals surface area contributed by atoms with Crippen molar-refractivity contribution in [2.24, 2.45) is 11.8 Å². The fourth-order valence-corrected chi connectivity index (χ4v) is 3.03. The molecule has 19 heavy (non-hydrogen) atoms. The van der Waals surface area contributed by atoms with Crippen molar-refractivity contribution in [2.45, 2.75) is 25.5 Å². The van der Waals surface area contributed by atoms with Gasteiger partial charge in [0.1, 0.15) is 0 Å². The van der Waals surface area contributed by atoms with E-state index in [0.717, 1.165) is 13.0 Å². The molecule has 3 atom stereocenters. The van der Waals surface area contributed by atoms with Gasteiger partial charge >= 0.3 is 0 Å². The van der Waals surface area contributed by atoms with Crippen molar-refractivity contribution in [1.82, 2.24) is 5.43 Å². The van der Waals surface area contributed by atoms with Crippen LogP contribution in [0.15, 0.2) is 42.5 Å². The second kappa shape index (κ2) is 5.29. The largest absolute Gasteiger partial charge is 0.376 e. The minimum absolute atomic E-state index is 0.0450. The molecular weight excluding hydrogens is 236 g/mol. The fraction of sp³-hybridized carbons (Fsp3) is 0.375. The van der Waals surface area contributed by atoms with E-state index < -0.39 is 0 Å². The summed E-state index contributed by atoms with van der Waals surface area (Å²) in [4.78, 5) is 0. The molecule has 0 radical (unpaired) electrons. The number of nitrogens with one attached hydrogen (secondary N) is 1. The lowest BCUT2D eigenvalue weighted by molar-refractivity contribution is 0.0611. The van der Waals surface area contributed by atoms with Crippen LogP contribution in [0.1, 0.15) is 24.9 Å². The Balaban J connectivity index is 2.06. The summed E-state index contributed by atoms with van der Waals surface area (Å²) in [6, 6.07) is 14.8. The van der Waals surface area contributed by atoms with Gasteiger partial charge in [-0.2, -0.15) is 0 Å². The van der Waals surface area contributed by atoms with Gasteiger partial charge in [0.2, 0.25) is 0 Å². The van der Waals surface area contributed by atoms with Gasteiger partial charge in [-0.15, -0.1) is 0 Å². The molecule has 1 fully saturated rings. The van der Waals surface area contributed by atoms with Crippen molar-refractivity contribution < 1.29 is 4.74 Å². The van der Waals surface area contributed by atoms with Crippen molar-refractivity contribution in [3.05, 3.63) is 48.0 Å². The van der Waals surface area contributed by atoms with Crippen LogP contribution in [0.3, 0.4) is 0 Å². The summed E-state index contributed by atoms with van der Waals surface area (Å²) in [7, 11) is 0. The van der Waals surface area contributed by atoms with Crippen LogP contribution < -0.4 is 11.3 Å². The Morgan fingerprint density at radius 3 is 2.74 bits per heavy atom. The van der Waals surface area contributed by atoms with Crippen molar-refractivity contribution in [1.29, 1.82) is 0 Å². The molecule has 3 heteroatoms. The van der Waals surface area contributed by atoms with E-state index in [0.29, 0.717) is 5.92 Å². The third-order valence-electron chi connectivity index (χ3n) is 4.11. The van der Waals surface area contributed by atoms with Gasteiger partial charge in [0, 0.05) is 6.61 Å². The van der Waals surface area contributed by atoms with Gasteiger partial charge in [0.25, 0.3) is 0 Å². The molecular formula is C16H20N2O. The molecule has 1 aliphatic heterocycles. The Hall–Kier alpha value is -1.42. The van der Waals surface area contributed by atoms with Gasteiger partial charge in [-0.25, -0.2) is 0 Å². The number of hydrogen-bond donors (Lipinski definition) is 2. The Kier molecular flexibility index (Phi) is 3.51. The molecule has 3 unspecified atom stereocenters. The molecule has 100 valence electrons. The van der Waals surface area contributed by atoms with Crippen LogP contribution in [0.4, 0.5) is 0 Å². The lowest BCUT2D eigenvalue weighted by atomic mass is 9.90. The summed E-state index contributed by atoms with van der Waals surface area (Å²) in [5.41, 5.74) is 4.18. The summed E-state index contributed by atoms with van der Waals surface area (Å²) >= 11 is 0. The summed E-state index contributed by atoms with van der Waals surface area (Å²) < 4.78 is 5.88. The molecule has 0 spiro atoms. The molecule has 0 bridgehead atoms. The molecule has 0 amide bonds. The normalized spacial score (nSPS) is 24.7. The Morgan fingerprint density at radius 2 is 2.00 bits per heavy atom. The highest BCUT2D eigenvalue weighted by Gasteiger charge is 2.33. The molecule has 1 aliphatic rings. The van der Waals surface area contributed by atoms with Gasteiger partial charge in [0.15, 0.2) is 0 Å². The highest BCUT2D eigenvalue weighted by atomic mass is 16.5. The van der Waals surface area contributed by atoms with Gasteiger partial charge in [0.05, 0.1) is 12.1 Å². The highest BCUT2D eigenvalue weighted by Crippen LogP contribution is 2.34. The number of hydrazine groups is 1. The maximum atomic E-state index is 5.88. The lowest BCUT2D eigenvalue weighted by Crippen LogP contribution is -2.38. The van der Waals surface area contributed by atoms with Crippen LogP contribution in [0.25, 0.3) is 10.8 Å². The molecule has 3 nitrogen and oxygen atoms in total. The molecule has 0 aromatic heterocycles. The number of hydrogen-bond acceptors (Lipinski definition) is 3. The van der Waals surface area contributed by atoms with Gasteiger partial charge < -0.3 is 4.74 Å². The summed E-state index contributed by atoms with van der Waals surface area (Å²) in [6.07, 6.45) is 1.25. The van der Waals surface area contributed by atoms with Gasteiger partial charge in [-0.05, 0) is 28.7 Å². The van der Waals surface area contributed by atoms with E-state index in [4.69, 9.17) is 10.6 Å². The molecule has 2 aromatic rings. The Morgan fingerprint density at radius 1 is 1.21 bits per heavy atom. The topological polar surface area (TPSA) is 47.3 Å². The van der Waals surface area contributed by atoms with Crippen molar-refractivity contribution in [3.8, 4) is 0 Å². The first-order valence-corrected chi connectivity index (χ1v) is 6.86. The van der Waals surface area contributed by atoms with E-state index in [1.54, 1.807) is 0 Å². The number of fused-ring (bicyclic) bond motifs is 1. The first kappa shape index (κ1) is 12.6. The van der Waals surface area contributed by atoms with E-state index >= 15 is 0 Å². The molecule has 3 rings (SSSR count). The average Bonchev–Trinajstić information content (AvgIpc) is 2.86. The highest BCUT2D eigenvalue weighted by molar-refractivity contribution is 5.86. The van der Waals surface area contributed by atoms with E-state index in [2.05, 4.69) is 54.8 Å².